The van der Waals surface area contributed by atoms with E-state index in [4.69, 9.17) is 14.2 Å². The Balaban J connectivity index is 4.54. The molecule has 0 aliphatic rings. The quantitative estimate of drug-likeness (QED) is 0.0346. The smallest absolute Gasteiger partial charge is 0.306 e. The van der Waals surface area contributed by atoms with Crippen LogP contribution in [0.25, 0.3) is 0 Å². The van der Waals surface area contributed by atoms with Crippen LogP contribution in [0.1, 0.15) is 201 Å². The Labute approximate surface area is 418 Å². The highest BCUT2D eigenvalue weighted by Gasteiger charge is 2.17. The zero-order chi connectivity index (χ0) is 49.2. The van der Waals surface area contributed by atoms with Gasteiger partial charge in [-0.25, -0.2) is 0 Å². The van der Waals surface area contributed by atoms with Gasteiger partial charge >= 0.3 is 11.9 Å². The number of ether oxygens (including phenoxy) is 3. The average molecular weight is 935 g/mol. The maximum Gasteiger partial charge on any atom is 0.306 e. The first-order valence-electron chi connectivity index (χ1n) is 27.0. The second-order valence-electron chi connectivity index (χ2n) is 17.0. The fourth-order valence-electron chi connectivity index (χ4n) is 6.59. The van der Waals surface area contributed by atoms with Crippen LogP contribution in [0.4, 0.5) is 0 Å². The lowest BCUT2D eigenvalue weighted by Gasteiger charge is -2.18. The highest BCUT2D eigenvalue weighted by atomic mass is 16.6. The zero-order valence-electron chi connectivity index (χ0n) is 43.6. The van der Waals surface area contributed by atoms with Gasteiger partial charge in [0.2, 0.25) is 0 Å². The minimum absolute atomic E-state index is 0.0104. The zero-order valence-corrected chi connectivity index (χ0v) is 43.6. The lowest BCUT2D eigenvalue weighted by atomic mass is 10.1. The Morgan fingerprint density at radius 3 is 1.12 bits per heavy atom. The molecule has 1 unspecified atom stereocenters. The number of allylic oxidation sites excluding steroid dienone is 26. The van der Waals surface area contributed by atoms with Crippen LogP contribution in [0.15, 0.2) is 158 Å². The van der Waals surface area contributed by atoms with Crippen LogP contribution in [-0.2, 0) is 23.8 Å². The molecular weight excluding hydrogens is 837 g/mol. The van der Waals surface area contributed by atoms with Crippen molar-refractivity contribution in [2.45, 2.75) is 207 Å². The number of esters is 2. The molecule has 0 aliphatic heterocycles. The summed E-state index contributed by atoms with van der Waals surface area (Å²) < 4.78 is 17.3. The molecule has 5 nitrogen and oxygen atoms in total. The monoisotopic (exact) mass is 935 g/mol. The van der Waals surface area contributed by atoms with Crippen LogP contribution < -0.4 is 0 Å². The second-order valence-corrected chi connectivity index (χ2v) is 17.0. The van der Waals surface area contributed by atoms with E-state index < -0.39 is 6.10 Å². The summed E-state index contributed by atoms with van der Waals surface area (Å²) in [5.41, 5.74) is 0. The molecule has 0 aromatic carbocycles. The van der Waals surface area contributed by atoms with Crippen LogP contribution in [0.3, 0.4) is 0 Å². The van der Waals surface area contributed by atoms with E-state index in [0.29, 0.717) is 19.4 Å². The first-order valence-corrected chi connectivity index (χ1v) is 27.0. The van der Waals surface area contributed by atoms with Gasteiger partial charge in [-0.3, -0.25) is 9.59 Å². The van der Waals surface area contributed by atoms with Crippen molar-refractivity contribution in [2.75, 3.05) is 19.8 Å². The van der Waals surface area contributed by atoms with E-state index in [1.165, 1.54) is 32.1 Å². The number of rotatable bonds is 47. The Kier molecular flexibility index (Phi) is 53.1. The Morgan fingerprint density at radius 2 is 0.691 bits per heavy atom. The minimum atomic E-state index is -0.610. The Bertz CT molecular complexity index is 1520. The van der Waals surface area contributed by atoms with Crippen molar-refractivity contribution in [1.29, 1.82) is 0 Å². The normalized spacial score (nSPS) is 13.5. The van der Waals surface area contributed by atoms with E-state index >= 15 is 0 Å². The molecule has 0 heterocycles. The van der Waals surface area contributed by atoms with Crippen molar-refractivity contribution < 1.29 is 23.8 Å². The van der Waals surface area contributed by atoms with Crippen molar-refractivity contribution in [1.82, 2.24) is 0 Å². The van der Waals surface area contributed by atoms with Crippen molar-refractivity contribution in [3.05, 3.63) is 158 Å². The van der Waals surface area contributed by atoms with Crippen LogP contribution >= 0.6 is 0 Å². The van der Waals surface area contributed by atoms with E-state index in [1.807, 2.05) is 6.08 Å². The summed E-state index contributed by atoms with van der Waals surface area (Å²) >= 11 is 0. The van der Waals surface area contributed by atoms with Gasteiger partial charge in [0.05, 0.1) is 6.61 Å². The summed E-state index contributed by atoms with van der Waals surface area (Å²) in [7, 11) is 0. The van der Waals surface area contributed by atoms with Crippen molar-refractivity contribution in [3.8, 4) is 0 Å². The van der Waals surface area contributed by atoms with Gasteiger partial charge in [-0.2, -0.15) is 0 Å². The highest BCUT2D eigenvalue weighted by molar-refractivity contribution is 5.70. The SMILES string of the molecule is CC/C=C\C/C=C\C/C=C\C/C=C\C/C=C\C/C=C\CCC(=O)OCC(COCCCC/C=C\C/C=C\C/C=C\C/C=C\C/C=C\CC)OC(=O)CCCCCCC/C=C\C/C=C\CCCCC. The molecule has 0 rings (SSSR count). The highest BCUT2D eigenvalue weighted by Crippen LogP contribution is 2.11. The molecule has 0 bridgehead atoms. The van der Waals surface area contributed by atoms with Gasteiger partial charge in [-0.15, -0.1) is 0 Å². The predicted octanol–water partition coefficient (Wildman–Crippen LogP) is 18.7. The van der Waals surface area contributed by atoms with E-state index in [2.05, 4.69) is 173 Å². The summed E-state index contributed by atoms with van der Waals surface area (Å²) in [6.07, 6.45) is 84.1. The molecule has 0 aromatic rings. The van der Waals surface area contributed by atoms with Crippen LogP contribution in [0.2, 0.25) is 0 Å². The van der Waals surface area contributed by atoms with Gasteiger partial charge < -0.3 is 14.2 Å². The average Bonchev–Trinajstić information content (AvgIpc) is 3.34. The maximum absolute atomic E-state index is 12.8. The Hall–Kier alpha value is -4.48. The van der Waals surface area contributed by atoms with Crippen LogP contribution in [-0.4, -0.2) is 37.9 Å². The third-order valence-corrected chi connectivity index (χ3v) is 10.5. The second kappa shape index (κ2) is 56.8. The fourth-order valence-corrected chi connectivity index (χ4v) is 6.59. The molecular formula is C63H98O5. The first kappa shape index (κ1) is 63.5. The fraction of sp³-hybridized carbons (Fsp3) is 0.556. The number of hydrogen-bond donors (Lipinski definition) is 0. The minimum Gasteiger partial charge on any atom is -0.462 e. The largest absolute Gasteiger partial charge is 0.462 e. The van der Waals surface area contributed by atoms with Crippen molar-refractivity contribution in [2.24, 2.45) is 0 Å². The molecule has 0 saturated heterocycles. The molecule has 1 atom stereocenters. The number of carbonyl (C=O) groups excluding carboxylic acids is 2. The molecule has 68 heavy (non-hydrogen) atoms. The lowest BCUT2D eigenvalue weighted by molar-refractivity contribution is -0.162. The predicted molar refractivity (Wildman–Crippen MR) is 297 cm³/mol. The van der Waals surface area contributed by atoms with E-state index in [-0.39, 0.29) is 31.6 Å². The molecule has 0 aliphatic carbocycles. The van der Waals surface area contributed by atoms with Gasteiger partial charge in [-0.1, -0.05) is 211 Å². The summed E-state index contributed by atoms with van der Waals surface area (Å²) in [6.45, 7) is 7.35. The van der Waals surface area contributed by atoms with Crippen molar-refractivity contribution in [3.63, 3.8) is 0 Å². The molecule has 0 N–H and O–H groups in total. The van der Waals surface area contributed by atoms with Gasteiger partial charge in [0.15, 0.2) is 6.10 Å². The molecule has 0 aromatic heterocycles. The lowest BCUT2D eigenvalue weighted by Crippen LogP contribution is -2.30. The molecule has 0 amide bonds. The molecule has 0 saturated carbocycles. The van der Waals surface area contributed by atoms with E-state index in [9.17, 15) is 9.59 Å². The third-order valence-electron chi connectivity index (χ3n) is 10.5. The molecule has 380 valence electrons. The van der Waals surface area contributed by atoms with Crippen LogP contribution in [0, 0.1) is 0 Å². The maximum atomic E-state index is 12.8. The molecule has 0 spiro atoms. The topological polar surface area (TPSA) is 61.8 Å². The molecule has 5 heteroatoms. The third kappa shape index (κ3) is 54.1. The van der Waals surface area contributed by atoms with Crippen LogP contribution in [0.5, 0.6) is 0 Å². The number of unbranched alkanes of at least 4 members (excludes halogenated alkanes) is 10. The van der Waals surface area contributed by atoms with E-state index in [0.717, 1.165) is 128 Å². The Morgan fingerprint density at radius 1 is 0.338 bits per heavy atom. The van der Waals surface area contributed by atoms with Crippen molar-refractivity contribution >= 4 is 11.9 Å². The van der Waals surface area contributed by atoms with Gasteiger partial charge in [-0.05, 0) is 135 Å². The number of hydrogen-bond acceptors (Lipinski definition) is 5. The number of carbonyl (C=O) groups is 2. The van der Waals surface area contributed by atoms with Gasteiger partial charge in [0.25, 0.3) is 0 Å². The molecule has 0 fully saturated rings. The van der Waals surface area contributed by atoms with Gasteiger partial charge in [0.1, 0.15) is 6.61 Å². The summed E-state index contributed by atoms with van der Waals surface area (Å²) in [4.78, 5) is 25.4. The summed E-state index contributed by atoms with van der Waals surface area (Å²) in [5.74, 6) is -0.548. The summed E-state index contributed by atoms with van der Waals surface area (Å²) in [6, 6.07) is 0. The first-order chi connectivity index (χ1) is 33.6. The summed E-state index contributed by atoms with van der Waals surface area (Å²) in [5, 5.41) is 0. The van der Waals surface area contributed by atoms with Gasteiger partial charge in [0, 0.05) is 19.4 Å². The molecule has 0 radical (unpaired) electrons. The standard InChI is InChI=1S/C63H98O5/c1-4-7-10-13-16-19-22-25-28-30-32-33-36-38-41-44-47-50-53-56-62(64)67-60-61(68-63(65)57-54-51-48-45-42-39-35-27-24-21-18-15-12-9-6-3)59-66-58-55-52-49-46-43-40-37-34-31-29-26-23-20-17-14-11-8-5-2/h7-8,10-11,16-21,25-29,32-35,37-38,41,43,46-47,50,61H,4-6,9,12-15,22-24,30-31,36,39-40,42,44-45,48-49,51-60H2,1-3H3/b10-7-,11-8-,19-16-,20-17-,21-18-,28-25-,29-26-,33-32-,35-27-,37-34-,41-38-,46-43-,50-47-. The van der Waals surface area contributed by atoms with E-state index in [1.54, 1.807) is 0 Å².